The molecule has 0 radical (unpaired) electrons. The average molecular weight is 180 g/mol. The molecule has 0 spiro atoms. The van der Waals surface area contributed by atoms with Crippen LogP contribution in [0.2, 0.25) is 0 Å². The molecule has 0 saturated heterocycles. The number of rotatable bonds is 2. The normalized spacial score (nSPS) is 10.9. The Morgan fingerprint density at radius 3 is 3.00 bits per heavy atom. The summed E-state index contributed by atoms with van der Waals surface area (Å²) in [6.07, 6.45) is 1.86. The molecule has 0 aliphatic heterocycles. The molecule has 0 bridgehead atoms. The first-order valence-electron chi connectivity index (χ1n) is 4.08. The highest BCUT2D eigenvalue weighted by Crippen LogP contribution is 2.20. The second-order valence-electron chi connectivity index (χ2n) is 2.88. The van der Waals surface area contributed by atoms with Crippen molar-refractivity contribution in [2.24, 2.45) is 0 Å². The van der Waals surface area contributed by atoms with Gasteiger partial charge in [-0.15, -0.1) is 0 Å². The van der Waals surface area contributed by atoms with E-state index in [1.165, 1.54) is 12.3 Å². The Hall–Kier alpha value is -1.35. The van der Waals surface area contributed by atoms with Crippen LogP contribution in [0.1, 0.15) is 5.56 Å². The van der Waals surface area contributed by atoms with Gasteiger partial charge in [-0.2, -0.15) is 0 Å². The van der Waals surface area contributed by atoms with Gasteiger partial charge in [-0.25, -0.2) is 4.39 Å². The maximum atomic E-state index is 13.2. The highest BCUT2D eigenvalue weighted by Gasteiger charge is 2.05. The van der Waals surface area contributed by atoms with Crippen molar-refractivity contribution < 1.29 is 13.9 Å². The molecule has 2 rings (SSSR count). The van der Waals surface area contributed by atoms with Crippen LogP contribution in [0.25, 0.3) is 11.0 Å². The van der Waals surface area contributed by atoms with Gasteiger partial charge in [0.25, 0.3) is 0 Å². The second-order valence-corrected chi connectivity index (χ2v) is 2.88. The van der Waals surface area contributed by atoms with E-state index in [0.29, 0.717) is 17.6 Å². The largest absolute Gasteiger partial charge is 0.464 e. The van der Waals surface area contributed by atoms with Crippen LogP contribution in [-0.4, -0.2) is 11.7 Å². The number of furan rings is 1. The number of aliphatic hydroxyl groups is 1. The van der Waals surface area contributed by atoms with Crippen LogP contribution in [-0.2, 0) is 6.42 Å². The van der Waals surface area contributed by atoms with Crippen molar-refractivity contribution in [2.75, 3.05) is 6.61 Å². The molecule has 0 atom stereocenters. The van der Waals surface area contributed by atoms with Crippen LogP contribution in [0.5, 0.6) is 0 Å². The maximum Gasteiger partial charge on any atom is 0.136 e. The van der Waals surface area contributed by atoms with E-state index >= 15 is 0 Å². The second kappa shape index (κ2) is 3.18. The van der Waals surface area contributed by atoms with Crippen molar-refractivity contribution in [3.05, 3.63) is 35.8 Å². The van der Waals surface area contributed by atoms with E-state index in [4.69, 9.17) is 9.52 Å². The summed E-state index contributed by atoms with van der Waals surface area (Å²) in [6, 6.07) is 4.82. The van der Waals surface area contributed by atoms with Crippen LogP contribution in [0.15, 0.2) is 28.9 Å². The van der Waals surface area contributed by atoms with Gasteiger partial charge in [-0.3, -0.25) is 0 Å². The quantitative estimate of drug-likeness (QED) is 0.767. The SMILES string of the molecule is OCCc1cc2ccoc2cc1F. The summed E-state index contributed by atoms with van der Waals surface area (Å²) in [6.45, 7) is -0.0414. The number of halogens is 1. The van der Waals surface area contributed by atoms with E-state index in [9.17, 15) is 4.39 Å². The van der Waals surface area contributed by atoms with Crippen LogP contribution in [0, 0.1) is 5.82 Å². The van der Waals surface area contributed by atoms with Gasteiger partial charge in [0.1, 0.15) is 11.4 Å². The minimum absolute atomic E-state index is 0.0414. The van der Waals surface area contributed by atoms with E-state index in [2.05, 4.69) is 0 Å². The Morgan fingerprint density at radius 1 is 1.38 bits per heavy atom. The van der Waals surface area contributed by atoms with Crippen LogP contribution in [0.3, 0.4) is 0 Å². The fourth-order valence-corrected chi connectivity index (χ4v) is 1.34. The molecule has 1 N–H and O–H groups in total. The van der Waals surface area contributed by atoms with E-state index in [1.54, 1.807) is 12.1 Å². The van der Waals surface area contributed by atoms with Gasteiger partial charge in [-0.05, 0) is 24.1 Å². The Bertz CT molecular complexity index is 420. The van der Waals surface area contributed by atoms with Crippen molar-refractivity contribution in [1.29, 1.82) is 0 Å². The van der Waals surface area contributed by atoms with Crippen LogP contribution < -0.4 is 0 Å². The summed E-state index contributed by atoms with van der Waals surface area (Å²) in [5, 5.41) is 9.54. The summed E-state index contributed by atoms with van der Waals surface area (Å²) in [4.78, 5) is 0. The fourth-order valence-electron chi connectivity index (χ4n) is 1.34. The summed E-state index contributed by atoms with van der Waals surface area (Å²) >= 11 is 0. The number of hydrogen-bond acceptors (Lipinski definition) is 2. The zero-order chi connectivity index (χ0) is 9.26. The first kappa shape index (κ1) is 8.26. The third-order valence-corrected chi connectivity index (χ3v) is 2.00. The molecule has 0 fully saturated rings. The highest BCUT2D eigenvalue weighted by molar-refractivity contribution is 5.77. The fraction of sp³-hybridized carbons (Fsp3) is 0.200. The minimum atomic E-state index is -0.323. The molecule has 0 unspecified atom stereocenters. The smallest absolute Gasteiger partial charge is 0.136 e. The monoisotopic (exact) mass is 180 g/mol. The lowest BCUT2D eigenvalue weighted by Gasteiger charge is -1.99. The van der Waals surface area contributed by atoms with E-state index in [1.807, 2.05) is 0 Å². The topological polar surface area (TPSA) is 33.4 Å². The first-order chi connectivity index (χ1) is 6.31. The number of hydrogen-bond donors (Lipinski definition) is 1. The van der Waals surface area contributed by atoms with Crippen LogP contribution in [0.4, 0.5) is 4.39 Å². The summed E-state index contributed by atoms with van der Waals surface area (Å²) in [5.74, 6) is -0.323. The van der Waals surface area contributed by atoms with E-state index in [-0.39, 0.29) is 12.4 Å². The van der Waals surface area contributed by atoms with Gasteiger partial charge in [-0.1, -0.05) is 0 Å². The third-order valence-electron chi connectivity index (χ3n) is 2.00. The van der Waals surface area contributed by atoms with Gasteiger partial charge >= 0.3 is 0 Å². The molecule has 0 aliphatic rings. The first-order valence-corrected chi connectivity index (χ1v) is 4.08. The molecule has 68 valence electrons. The molecule has 3 heteroatoms. The maximum absolute atomic E-state index is 13.2. The molecule has 1 aromatic heterocycles. The van der Waals surface area contributed by atoms with Crippen molar-refractivity contribution in [3.8, 4) is 0 Å². The summed E-state index contributed by atoms with van der Waals surface area (Å²) < 4.78 is 18.2. The molecular formula is C10H9FO2. The van der Waals surface area contributed by atoms with Crippen molar-refractivity contribution in [1.82, 2.24) is 0 Å². The number of fused-ring (bicyclic) bond motifs is 1. The molecule has 13 heavy (non-hydrogen) atoms. The standard InChI is InChI=1S/C10H9FO2/c11-9-6-10-8(2-4-13-10)5-7(9)1-3-12/h2,4-6,12H,1,3H2. The Labute approximate surface area is 74.6 Å². The van der Waals surface area contributed by atoms with Crippen LogP contribution >= 0.6 is 0 Å². The molecule has 0 amide bonds. The molecule has 2 nitrogen and oxygen atoms in total. The molecule has 0 aliphatic carbocycles. The third kappa shape index (κ3) is 1.42. The minimum Gasteiger partial charge on any atom is -0.464 e. The average Bonchev–Trinajstić information content (AvgIpc) is 2.52. The highest BCUT2D eigenvalue weighted by atomic mass is 19.1. The van der Waals surface area contributed by atoms with Gasteiger partial charge < -0.3 is 9.52 Å². The molecule has 1 heterocycles. The van der Waals surface area contributed by atoms with E-state index in [0.717, 1.165) is 5.39 Å². The van der Waals surface area contributed by atoms with Gasteiger partial charge in [0, 0.05) is 18.1 Å². The Morgan fingerprint density at radius 2 is 2.23 bits per heavy atom. The predicted octanol–water partition coefficient (Wildman–Crippen LogP) is 2.11. The molecule has 0 saturated carbocycles. The number of benzene rings is 1. The summed E-state index contributed by atoms with van der Waals surface area (Å²) in [5.41, 5.74) is 1.07. The number of aliphatic hydroxyl groups excluding tert-OH is 1. The van der Waals surface area contributed by atoms with Gasteiger partial charge in [0.2, 0.25) is 0 Å². The summed E-state index contributed by atoms with van der Waals surface area (Å²) in [7, 11) is 0. The lowest BCUT2D eigenvalue weighted by atomic mass is 10.1. The van der Waals surface area contributed by atoms with Gasteiger partial charge in [0.05, 0.1) is 6.26 Å². The van der Waals surface area contributed by atoms with Gasteiger partial charge in [0.15, 0.2) is 0 Å². The molecular weight excluding hydrogens is 171 g/mol. The van der Waals surface area contributed by atoms with Crippen molar-refractivity contribution >= 4 is 11.0 Å². The Balaban J connectivity index is 2.56. The molecule has 2 aromatic rings. The van der Waals surface area contributed by atoms with E-state index < -0.39 is 0 Å². The lowest BCUT2D eigenvalue weighted by Crippen LogP contribution is -1.94. The zero-order valence-corrected chi connectivity index (χ0v) is 6.96. The predicted molar refractivity (Wildman–Crippen MR) is 47.0 cm³/mol. The lowest BCUT2D eigenvalue weighted by molar-refractivity contribution is 0.298. The molecule has 1 aromatic carbocycles. The zero-order valence-electron chi connectivity index (χ0n) is 6.96. The van der Waals surface area contributed by atoms with Crippen molar-refractivity contribution in [2.45, 2.75) is 6.42 Å². The van der Waals surface area contributed by atoms with Crippen molar-refractivity contribution in [3.63, 3.8) is 0 Å². The Kier molecular flexibility index (Phi) is 2.02.